The highest BCUT2D eigenvalue weighted by Crippen LogP contribution is 2.21. The second kappa shape index (κ2) is 2.46. The summed E-state index contributed by atoms with van der Waals surface area (Å²) in [7, 11) is 0. The number of nitrogens with one attached hydrogen (secondary N) is 1. The summed E-state index contributed by atoms with van der Waals surface area (Å²) in [4.78, 5) is 10.7. The number of amides is 1. The molecule has 1 amide bonds. The number of aliphatic hydroxyl groups is 2. The summed E-state index contributed by atoms with van der Waals surface area (Å²) in [5.41, 5.74) is 0. The standard InChI is InChI=1S/C7H9NO4/c9-4-2-1-3-6(5(4)10)12-7(11)8-3/h1-6,9-10H,(H,8,11)/t3-,4-,5-,6-/m1/s1. The van der Waals surface area contributed by atoms with Crippen molar-refractivity contribution in [3.05, 3.63) is 12.2 Å². The largest absolute Gasteiger partial charge is 0.441 e. The first-order valence-electron chi connectivity index (χ1n) is 3.70. The van der Waals surface area contributed by atoms with Gasteiger partial charge in [-0.05, 0) is 0 Å². The summed E-state index contributed by atoms with van der Waals surface area (Å²) in [6.45, 7) is 0. The van der Waals surface area contributed by atoms with E-state index in [1.54, 1.807) is 6.08 Å². The monoisotopic (exact) mass is 171 g/mol. The molecule has 1 heterocycles. The number of aliphatic hydroxyl groups excluding tert-OH is 2. The molecule has 1 aliphatic carbocycles. The third-order valence-electron chi connectivity index (χ3n) is 2.08. The smallest absolute Gasteiger partial charge is 0.408 e. The van der Waals surface area contributed by atoms with Crippen LogP contribution in [0.3, 0.4) is 0 Å². The number of rotatable bonds is 0. The first-order chi connectivity index (χ1) is 5.68. The summed E-state index contributed by atoms with van der Waals surface area (Å²) >= 11 is 0. The van der Waals surface area contributed by atoms with Crippen LogP contribution in [0, 0.1) is 0 Å². The Morgan fingerprint density at radius 2 is 2.17 bits per heavy atom. The molecule has 0 bridgehead atoms. The van der Waals surface area contributed by atoms with E-state index in [0.29, 0.717) is 0 Å². The summed E-state index contributed by atoms with van der Waals surface area (Å²) in [5, 5.41) is 21.0. The molecule has 2 rings (SSSR count). The molecule has 0 aromatic carbocycles. The van der Waals surface area contributed by atoms with Gasteiger partial charge in [-0.25, -0.2) is 4.79 Å². The van der Waals surface area contributed by atoms with Crippen LogP contribution >= 0.6 is 0 Å². The molecule has 0 aromatic rings. The number of hydrogen-bond donors (Lipinski definition) is 3. The summed E-state index contributed by atoms with van der Waals surface area (Å²) in [6, 6.07) is -0.309. The normalized spacial score (nSPS) is 45.0. The van der Waals surface area contributed by atoms with Crippen molar-refractivity contribution in [2.45, 2.75) is 24.4 Å². The maximum atomic E-state index is 10.7. The van der Waals surface area contributed by atoms with Crippen molar-refractivity contribution in [2.75, 3.05) is 0 Å². The molecule has 1 fully saturated rings. The highest BCUT2D eigenvalue weighted by molar-refractivity contribution is 5.71. The van der Waals surface area contributed by atoms with Crippen molar-refractivity contribution in [3.8, 4) is 0 Å². The van der Waals surface area contributed by atoms with E-state index >= 15 is 0 Å². The van der Waals surface area contributed by atoms with Gasteiger partial charge in [-0.2, -0.15) is 0 Å². The second-order valence-corrected chi connectivity index (χ2v) is 2.91. The lowest BCUT2D eigenvalue weighted by molar-refractivity contribution is -0.0402. The Labute approximate surface area is 68.6 Å². The highest BCUT2D eigenvalue weighted by atomic mass is 16.6. The average Bonchev–Trinajstić information content (AvgIpc) is 2.39. The van der Waals surface area contributed by atoms with Gasteiger partial charge >= 0.3 is 6.09 Å². The molecule has 3 N–H and O–H groups in total. The van der Waals surface area contributed by atoms with Gasteiger partial charge in [0.15, 0.2) is 6.10 Å². The van der Waals surface area contributed by atoms with E-state index in [0.717, 1.165) is 0 Å². The maximum absolute atomic E-state index is 10.7. The van der Waals surface area contributed by atoms with Gasteiger partial charge in [-0.1, -0.05) is 12.2 Å². The topological polar surface area (TPSA) is 78.8 Å². The molecule has 2 aliphatic rings. The van der Waals surface area contributed by atoms with Crippen LogP contribution in [0.2, 0.25) is 0 Å². The molecule has 12 heavy (non-hydrogen) atoms. The molecule has 4 atom stereocenters. The average molecular weight is 171 g/mol. The van der Waals surface area contributed by atoms with Crippen LogP contribution in [0.1, 0.15) is 0 Å². The van der Waals surface area contributed by atoms with Crippen molar-refractivity contribution >= 4 is 6.09 Å². The minimum Gasteiger partial charge on any atom is -0.441 e. The molecule has 0 saturated carbocycles. The fourth-order valence-corrected chi connectivity index (χ4v) is 1.43. The summed E-state index contributed by atoms with van der Waals surface area (Å²) in [6.07, 6.45) is -0.119. The zero-order chi connectivity index (χ0) is 8.72. The number of hydrogen-bond acceptors (Lipinski definition) is 4. The van der Waals surface area contributed by atoms with Gasteiger partial charge in [0.2, 0.25) is 0 Å². The third-order valence-corrected chi connectivity index (χ3v) is 2.08. The molecule has 5 nitrogen and oxygen atoms in total. The SMILES string of the molecule is O=C1N[C@@H]2C=C[C@@H](O)[C@@H](O)[C@@H]2O1. The van der Waals surface area contributed by atoms with Gasteiger partial charge < -0.3 is 20.3 Å². The van der Waals surface area contributed by atoms with Crippen molar-refractivity contribution in [3.63, 3.8) is 0 Å². The van der Waals surface area contributed by atoms with Crippen LogP contribution in [0.25, 0.3) is 0 Å². The molecule has 0 radical (unpaired) electrons. The van der Waals surface area contributed by atoms with E-state index < -0.39 is 24.4 Å². The van der Waals surface area contributed by atoms with Crippen LogP contribution < -0.4 is 5.32 Å². The lowest BCUT2D eigenvalue weighted by Gasteiger charge is -2.26. The van der Waals surface area contributed by atoms with Gasteiger partial charge in [-0.15, -0.1) is 0 Å². The molecule has 0 spiro atoms. The van der Waals surface area contributed by atoms with Crippen LogP contribution in [0.15, 0.2) is 12.2 Å². The number of alkyl carbamates (subject to hydrolysis) is 1. The first kappa shape index (κ1) is 7.57. The van der Waals surface area contributed by atoms with E-state index in [4.69, 9.17) is 9.84 Å². The minimum atomic E-state index is -1.03. The zero-order valence-electron chi connectivity index (χ0n) is 6.18. The van der Waals surface area contributed by atoms with E-state index in [2.05, 4.69) is 5.32 Å². The Balaban J connectivity index is 2.21. The van der Waals surface area contributed by atoms with Crippen molar-refractivity contribution in [1.82, 2.24) is 5.32 Å². The fourth-order valence-electron chi connectivity index (χ4n) is 1.43. The second-order valence-electron chi connectivity index (χ2n) is 2.91. The van der Waals surface area contributed by atoms with Crippen molar-refractivity contribution in [1.29, 1.82) is 0 Å². The van der Waals surface area contributed by atoms with E-state index in [1.165, 1.54) is 6.08 Å². The maximum Gasteiger partial charge on any atom is 0.408 e. The number of carbonyl (C=O) groups excluding carboxylic acids is 1. The summed E-state index contributed by atoms with van der Waals surface area (Å²) in [5.74, 6) is 0. The Kier molecular flexibility index (Phi) is 1.55. The molecular formula is C7H9NO4. The zero-order valence-corrected chi connectivity index (χ0v) is 6.18. The van der Waals surface area contributed by atoms with E-state index in [9.17, 15) is 9.90 Å². The van der Waals surface area contributed by atoms with Crippen LogP contribution in [0.5, 0.6) is 0 Å². The van der Waals surface area contributed by atoms with Crippen LogP contribution in [-0.2, 0) is 4.74 Å². The predicted molar refractivity (Wildman–Crippen MR) is 38.3 cm³/mol. The van der Waals surface area contributed by atoms with E-state index in [-0.39, 0.29) is 6.04 Å². The lowest BCUT2D eigenvalue weighted by Crippen LogP contribution is -2.46. The number of fused-ring (bicyclic) bond motifs is 1. The Hall–Kier alpha value is -1.07. The molecule has 66 valence electrons. The van der Waals surface area contributed by atoms with Crippen molar-refractivity contribution in [2.24, 2.45) is 0 Å². The Morgan fingerprint density at radius 1 is 1.42 bits per heavy atom. The van der Waals surface area contributed by atoms with Crippen LogP contribution in [-0.4, -0.2) is 40.7 Å². The lowest BCUT2D eigenvalue weighted by atomic mass is 9.95. The Bertz CT molecular complexity index is 240. The highest BCUT2D eigenvalue weighted by Gasteiger charge is 2.42. The fraction of sp³-hybridized carbons (Fsp3) is 0.571. The quantitative estimate of drug-likeness (QED) is 0.398. The molecule has 5 heteroatoms. The third kappa shape index (κ3) is 0.981. The van der Waals surface area contributed by atoms with Gasteiger partial charge in [0.1, 0.15) is 12.2 Å². The van der Waals surface area contributed by atoms with Gasteiger partial charge in [0.05, 0.1) is 6.04 Å². The van der Waals surface area contributed by atoms with Crippen molar-refractivity contribution < 1.29 is 19.7 Å². The molecule has 0 unspecified atom stereocenters. The molecule has 0 aromatic heterocycles. The summed E-state index contributed by atoms with van der Waals surface area (Å²) < 4.78 is 4.74. The van der Waals surface area contributed by atoms with Crippen LogP contribution in [0.4, 0.5) is 4.79 Å². The molecule has 1 aliphatic heterocycles. The molecular weight excluding hydrogens is 162 g/mol. The first-order valence-corrected chi connectivity index (χ1v) is 3.70. The van der Waals surface area contributed by atoms with Gasteiger partial charge in [0, 0.05) is 0 Å². The minimum absolute atomic E-state index is 0.309. The number of carbonyl (C=O) groups is 1. The van der Waals surface area contributed by atoms with E-state index in [1.807, 2.05) is 0 Å². The van der Waals surface area contributed by atoms with Gasteiger partial charge in [-0.3, -0.25) is 0 Å². The molecule has 1 saturated heterocycles. The predicted octanol–water partition coefficient (Wildman–Crippen LogP) is -1.25. The Morgan fingerprint density at radius 3 is 2.92 bits per heavy atom. The number of ether oxygens (including phenoxy) is 1. The van der Waals surface area contributed by atoms with Gasteiger partial charge in [0.25, 0.3) is 0 Å².